The monoisotopic (exact) mass is 1640 g/mol. The van der Waals surface area contributed by atoms with Crippen LogP contribution in [0, 0.1) is 31.4 Å². The fraction of sp³-hybridized carbons (Fsp3) is 0.410. The quantitative estimate of drug-likeness (QED) is 0.0384. The van der Waals surface area contributed by atoms with E-state index in [9.17, 15) is 69.5 Å². The zero-order valence-corrected chi connectivity index (χ0v) is 65.0. The number of nitrogens with one attached hydrogen (secondary N) is 2. The number of ether oxygens (including phenoxy) is 5. The number of likely N-dealkylation sites (tertiary alicyclic amines) is 1. The second-order valence-electron chi connectivity index (χ2n) is 29.7. The lowest BCUT2D eigenvalue weighted by Crippen LogP contribution is -2.53. The number of piperidine rings is 1. The lowest BCUT2D eigenvalue weighted by atomic mass is 9.87. The van der Waals surface area contributed by atoms with Crippen LogP contribution in [0.1, 0.15) is 108 Å². The van der Waals surface area contributed by atoms with Gasteiger partial charge in [-0.1, -0.05) is 49.9 Å². The molecule has 27 nitrogen and oxygen atoms in total. The van der Waals surface area contributed by atoms with Gasteiger partial charge in [-0.25, -0.2) is 37.1 Å². The third-order valence-electron chi connectivity index (χ3n) is 21.9. The zero-order chi connectivity index (χ0) is 84.0. The summed E-state index contributed by atoms with van der Waals surface area (Å²) in [5.41, 5.74) is -1.21. The molecular formula is C83H85F8N13O14. The van der Waals surface area contributed by atoms with Crippen molar-refractivity contribution in [1.29, 1.82) is 0 Å². The Labute approximate surface area is 668 Å². The molecule has 0 spiro atoms. The first-order chi connectivity index (χ1) is 56.4. The number of fused-ring (bicyclic) bond motifs is 4. The number of carbonyl (C=O) groups is 5. The van der Waals surface area contributed by atoms with Crippen LogP contribution < -0.4 is 42.9 Å². The normalized spacial score (nSPS) is 17.2. The number of pyridine rings is 4. The number of carbonyl (C=O) groups excluding carboxylic acids is 5. The molecule has 10 aromatic rings. The predicted octanol–water partition coefficient (Wildman–Crippen LogP) is 9.81. The molecule has 4 aromatic carbocycles. The number of hydrogen-bond acceptors (Lipinski definition) is 21. The Morgan fingerprint density at radius 2 is 1.02 bits per heavy atom. The van der Waals surface area contributed by atoms with Crippen molar-refractivity contribution in [3.05, 3.63) is 209 Å². The summed E-state index contributed by atoms with van der Waals surface area (Å²) in [5, 5.41) is 6.50. The molecule has 5 atom stereocenters. The van der Waals surface area contributed by atoms with Crippen molar-refractivity contribution in [3.63, 3.8) is 0 Å². The van der Waals surface area contributed by atoms with Crippen LogP contribution in [0.15, 0.2) is 141 Å². The van der Waals surface area contributed by atoms with E-state index in [1.165, 1.54) is 118 Å². The first kappa shape index (κ1) is 84.1. The molecule has 4 aliphatic rings. The van der Waals surface area contributed by atoms with Gasteiger partial charge >= 0.3 is 41.6 Å². The maximum Gasteiger partial charge on any atom is 0.411 e. The highest BCUT2D eigenvalue weighted by Crippen LogP contribution is 2.37. The summed E-state index contributed by atoms with van der Waals surface area (Å²) in [6, 6.07) is 13.1. The molecule has 118 heavy (non-hydrogen) atoms. The van der Waals surface area contributed by atoms with Crippen LogP contribution in [0.3, 0.4) is 0 Å². The van der Waals surface area contributed by atoms with Gasteiger partial charge in [0, 0.05) is 107 Å². The SMILES string of the molecule is Cc1cc(N2CCOC[C@@H]2C(F)(F)F)cc(F)c1C(=O)N[C@@H](Cc1ccc(-n2c(=O)c3ccncc3n(C)c2=O)c2ncccc12)C(=O)OC(C)OC(=O)CC1CCCCC1.Cc1cc(N2CCOC[C@@H]2C(F)(F)F)cc(F)c1C(=O)N[C@@H](Cc1ccc(-n2c(=O)c3ccncc3n(C)c2=O)c2ncccc12)C(=O)OCCN1CCCCC1. The molecule has 2 amide bonds. The summed E-state index contributed by atoms with van der Waals surface area (Å²) in [7, 11) is 3.02. The van der Waals surface area contributed by atoms with E-state index in [2.05, 4.69) is 35.5 Å². The average molecular weight is 1640 g/mol. The van der Waals surface area contributed by atoms with Gasteiger partial charge in [0.2, 0.25) is 6.29 Å². The highest BCUT2D eigenvalue weighted by atomic mass is 19.4. The number of morpholine rings is 2. The molecule has 14 rings (SSSR count). The number of esters is 3. The number of alkyl halides is 6. The van der Waals surface area contributed by atoms with E-state index in [4.69, 9.17) is 23.7 Å². The summed E-state index contributed by atoms with van der Waals surface area (Å²) in [5.74, 6) is -6.47. The summed E-state index contributed by atoms with van der Waals surface area (Å²) < 4.78 is 146. The number of hydrogen-bond donors (Lipinski definition) is 2. The largest absolute Gasteiger partial charge is 0.463 e. The number of nitrogens with zero attached hydrogens (tertiary/aromatic N) is 11. The number of aryl methyl sites for hydroxylation is 4. The molecular weight excluding hydrogens is 1550 g/mol. The van der Waals surface area contributed by atoms with Gasteiger partial charge in [0.15, 0.2) is 0 Å². The summed E-state index contributed by atoms with van der Waals surface area (Å²) >= 11 is 0. The second kappa shape index (κ2) is 35.9. The van der Waals surface area contributed by atoms with Crippen molar-refractivity contribution in [2.24, 2.45) is 20.0 Å². The molecule has 3 aliphatic heterocycles. The minimum Gasteiger partial charge on any atom is -0.463 e. The first-order valence-electron chi connectivity index (χ1n) is 38.6. The minimum atomic E-state index is -4.67. The lowest BCUT2D eigenvalue weighted by molar-refractivity contribution is -0.186. The van der Waals surface area contributed by atoms with Gasteiger partial charge in [-0.2, -0.15) is 26.3 Å². The number of rotatable bonds is 21. The number of aromatic nitrogens is 8. The average Bonchev–Trinajstić information content (AvgIpc) is 0.748. The van der Waals surface area contributed by atoms with Gasteiger partial charge < -0.3 is 44.1 Å². The number of halogens is 8. The molecule has 0 radical (unpaired) electrons. The highest BCUT2D eigenvalue weighted by molar-refractivity contribution is 6.01. The number of anilines is 2. The number of amides is 2. The lowest BCUT2D eigenvalue weighted by Gasteiger charge is -2.38. The van der Waals surface area contributed by atoms with Crippen molar-refractivity contribution >= 4 is 84.7 Å². The fourth-order valence-electron chi connectivity index (χ4n) is 15.9. The molecule has 6 aromatic heterocycles. The van der Waals surface area contributed by atoms with E-state index in [1.807, 2.05) is 0 Å². The predicted molar refractivity (Wildman–Crippen MR) is 418 cm³/mol. The van der Waals surface area contributed by atoms with E-state index < -0.39 is 131 Å². The van der Waals surface area contributed by atoms with Gasteiger partial charge in [0.1, 0.15) is 42.4 Å². The second-order valence-corrected chi connectivity index (χ2v) is 29.7. The van der Waals surface area contributed by atoms with Gasteiger partial charge in [-0.3, -0.25) is 57.9 Å². The molecule has 1 unspecified atom stereocenters. The van der Waals surface area contributed by atoms with Gasteiger partial charge in [0.05, 0.1) is 94.2 Å². The molecule has 3 saturated heterocycles. The fourth-order valence-corrected chi connectivity index (χ4v) is 15.9. The van der Waals surface area contributed by atoms with Crippen molar-refractivity contribution < 1.29 is 82.8 Å². The van der Waals surface area contributed by atoms with Crippen molar-refractivity contribution in [1.82, 2.24) is 53.7 Å². The van der Waals surface area contributed by atoms with E-state index in [1.54, 1.807) is 36.4 Å². The molecule has 9 heterocycles. The smallest absolute Gasteiger partial charge is 0.411 e. The van der Waals surface area contributed by atoms with Crippen molar-refractivity contribution in [2.45, 2.75) is 134 Å². The summed E-state index contributed by atoms with van der Waals surface area (Å²) in [6.45, 7) is 4.79. The van der Waals surface area contributed by atoms with E-state index >= 15 is 8.78 Å². The molecule has 622 valence electrons. The topological polar surface area (TPSA) is 305 Å². The Bertz CT molecular complexity index is 5700. The maximum absolute atomic E-state index is 15.9. The Kier molecular flexibility index (Phi) is 25.6. The molecule has 1 saturated carbocycles. The van der Waals surface area contributed by atoms with Crippen molar-refractivity contribution in [3.8, 4) is 11.4 Å². The first-order valence-corrected chi connectivity index (χ1v) is 38.6. The van der Waals surface area contributed by atoms with Gasteiger partial charge in [-0.05, 0) is 141 Å². The van der Waals surface area contributed by atoms with Crippen LogP contribution in [0.25, 0.3) is 55.0 Å². The molecule has 1 aliphatic carbocycles. The standard InChI is InChI=1S/C43H44F4N6O8.C40H41F4N7O6/c1-24-18-28(52-16-17-59-23-35(52)43(45,46)47)21-31(44)37(24)39(55)50-32(41(57)61-25(2)60-36(54)19-26-8-5-4-6-9-26)20-27-11-12-33(38-29(27)10-7-14-49-38)53-40(56)30-13-15-48-22-34(30)51(3)42(53)58;1-24-19-26(50-16-17-56-23-33(50)40(42,43)44)21-29(41)34(24)36(52)47-30(38(54)57-18-15-49-13-4-3-5-14-49)20-25-8-9-31(35-27(25)7-6-11-46-35)51-37(53)28-10-12-45-22-32(28)48(2)39(51)55/h7,10-15,18,21-22,25-26,32,35H,4-6,8-9,16-17,19-20,23H2,1-3H3,(H,50,55);6-12,19,21-22,30,33H,3-5,13-18,20,23H2,1-2H3,(H,47,52)/t25?,32-,35+;30-,33+/m00/s1. The summed E-state index contributed by atoms with van der Waals surface area (Å²) in [6.07, 6.45) is 5.73. The third-order valence-corrected chi connectivity index (χ3v) is 21.9. The molecule has 2 N–H and O–H groups in total. The van der Waals surface area contributed by atoms with Crippen LogP contribution >= 0.6 is 0 Å². The Morgan fingerprint density at radius 1 is 0.559 bits per heavy atom. The van der Waals surface area contributed by atoms with E-state index in [-0.39, 0.29) is 114 Å². The highest BCUT2D eigenvalue weighted by Gasteiger charge is 2.47. The van der Waals surface area contributed by atoms with E-state index in [0.717, 1.165) is 95.5 Å². The van der Waals surface area contributed by atoms with Crippen molar-refractivity contribution in [2.75, 3.05) is 75.6 Å². The minimum absolute atomic E-state index is 0.00534. The Hall–Kier alpha value is -11.9. The molecule has 35 heteroatoms. The molecule has 0 bridgehead atoms. The van der Waals surface area contributed by atoms with Gasteiger partial charge in [-0.15, -0.1) is 0 Å². The summed E-state index contributed by atoms with van der Waals surface area (Å²) in [4.78, 5) is 144. The third kappa shape index (κ3) is 18.3. The van der Waals surface area contributed by atoms with E-state index in [0.29, 0.717) is 39.5 Å². The Morgan fingerprint density at radius 3 is 1.47 bits per heavy atom. The number of benzene rings is 4. The van der Waals surface area contributed by atoms with Gasteiger partial charge in [0.25, 0.3) is 22.9 Å². The zero-order valence-electron chi connectivity index (χ0n) is 65.0. The van der Waals surface area contributed by atoms with Crippen LogP contribution in [-0.4, -0.2) is 181 Å². The van der Waals surface area contributed by atoms with Crippen LogP contribution in [0.5, 0.6) is 0 Å². The van der Waals surface area contributed by atoms with Crippen LogP contribution in [0.2, 0.25) is 0 Å². The Balaban J connectivity index is 0.000000205. The maximum atomic E-state index is 15.9. The molecule has 4 fully saturated rings. The van der Waals surface area contributed by atoms with Crippen LogP contribution in [0.4, 0.5) is 46.5 Å². The van der Waals surface area contributed by atoms with Crippen LogP contribution in [-0.2, 0) is 65.0 Å².